The fraction of sp³-hybridized carbons (Fsp3) is 0.792. The SMILES string of the molecule is C=CC(=O)OCCCCCCCCCCCCC/C=C/CCCCCC. The molecule has 0 rings (SSSR count). The van der Waals surface area contributed by atoms with Crippen molar-refractivity contribution in [3.63, 3.8) is 0 Å². The lowest BCUT2D eigenvalue weighted by molar-refractivity contribution is -0.137. The van der Waals surface area contributed by atoms with Crippen molar-refractivity contribution in [3.05, 3.63) is 24.8 Å². The normalized spacial score (nSPS) is 11.1. The quantitative estimate of drug-likeness (QED) is 0.0948. The Hall–Kier alpha value is -1.05. The molecule has 0 aromatic carbocycles. The van der Waals surface area contributed by atoms with E-state index in [4.69, 9.17) is 4.74 Å². The van der Waals surface area contributed by atoms with Crippen molar-refractivity contribution < 1.29 is 9.53 Å². The second-order valence-corrected chi connectivity index (χ2v) is 7.37. The van der Waals surface area contributed by atoms with E-state index in [9.17, 15) is 4.79 Å². The number of allylic oxidation sites excluding steroid dienone is 2. The Morgan fingerprint density at radius 1 is 0.692 bits per heavy atom. The van der Waals surface area contributed by atoms with Crippen LogP contribution in [0.5, 0.6) is 0 Å². The Labute approximate surface area is 163 Å². The van der Waals surface area contributed by atoms with Crippen molar-refractivity contribution >= 4 is 5.97 Å². The predicted octanol–water partition coefficient (Wildman–Crippen LogP) is 7.92. The van der Waals surface area contributed by atoms with Gasteiger partial charge in [0.1, 0.15) is 0 Å². The highest BCUT2D eigenvalue weighted by atomic mass is 16.5. The Kier molecular flexibility index (Phi) is 21.1. The van der Waals surface area contributed by atoms with E-state index in [2.05, 4.69) is 25.7 Å². The van der Waals surface area contributed by atoms with Gasteiger partial charge >= 0.3 is 5.97 Å². The van der Waals surface area contributed by atoms with Gasteiger partial charge in [0.15, 0.2) is 0 Å². The highest BCUT2D eigenvalue weighted by Gasteiger charge is 1.96. The topological polar surface area (TPSA) is 26.3 Å². The fourth-order valence-electron chi connectivity index (χ4n) is 3.11. The third kappa shape index (κ3) is 21.0. The Morgan fingerprint density at radius 3 is 1.58 bits per heavy atom. The summed E-state index contributed by atoms with van der Waals surface area (Å²) in [6.45, 7) is 6.20. The first-order valence-electron chi connectivity index (χ1n) is 11.3. The number of esters is 1. The third-order valence-electron chi connectivity index (χ3n) is 4.82. The van der Waals surface area contributed by atoms with Gasteiger partial charge in [0, 0.05) is 6.08 Å². The monoisotopic (exact) mass is 364 g/mol. The molecule has 0 unspecified atom stereocenters. The van der Waals surface area contributed by atoms with E-state index in [0.717, 1.165) is 12.8 Å². The number of ether oxygens (including phenoxy) is 1. The maximum absolute atomic E-state index is 10.9. The zero-order valence-electron chi connectivity index (χ0n) is 17.5. The maximum Gasteiger partial charge on any atom is 0.330 e. The highest BCUT2D eigenvalue weighted by Crippen LogP contribution is 2.12. The van der Waals surface area contributed by atoms with Crippen LogP contribution in [0.3, 0.4) is 0 Å². The summed E-state index contributed by atoms with van der Waals surface area (Å²) in [5.41, 5.74) is 0. The smallest absolute Gasteiger partial charge is 0.330 e. The lowest BCUT2D eigenvalue weighted by Gasteiger charge is -2.03. The van der Waals surface area contributed by atoms with Gasteiger partial charge in [-0.2, -0.15) is 0 Å². The van der Waals surface area contributed by atoms with Gasteiger partial charge in [0.25, 0.3) is 0 Å². The Balaban J connectivity index is 3.08. The number of carbonyl (C=O) groups excluding carboxylic acids is 1. The second-order valence-electron chi connectivity index (χ2n) is 7.37. The molecule has 0 saturated carbocycles. The lowest BCUT2D eigenvalue weighted by atomic mass is 10.0. The largest absolute Gasteiger partial charge is 0.463 e. The van der Waals surface area contributed by atoms with Crippen LogP contribution in [0.25, 0.3) is 0 Å². The average Bonchev–Trinajstić information content (AvgIpc) is 2.66. The zero-order chi connectivity index (χ0) is 19.1. The molecule has 0 bridgehead atoms. The van der Waals surface area contributed by atoms with Gasteiger partial charge in [-0.25, -0.2) is 4.79 Å². The molecule has 0 heterocycles. The van der Waals surface area contributed by atoms with E-state index in [1.54, 1.807) is 0 Å². The van der Waals surface area contributed by atoms with Crippen molar-refractivity contribution in [2.24, 2.45) is 0 Å². The predicted molar refractivity (Wildman–Crippen MR) is 114 cm³/mol. The molecule has 0 spiro atoms. The van der Waals surface area contributed by atoms with Crippen molar-refractivity contribution in [1.29, 1.82) is 0 Å². The summed E-state index contributed by atoms with van der Waals surface area (Å²) in [6, 6.07) is 0. The van der Waals surface area contributed by atoms with Crippen LogP contribution in [0.15, 0.2) is 24.8 Å². The van der Waals surface area contributed by atoms with Crippen LogP contribution in [-0.2, 0) is 9.53 Å². The molecule has 26 heavy (non-hydrogen) atoms. The minimum absolute atomic E-state index is 0.302. The molecule has 2 nitrogen and oxygen atoms in total. The molecule has 0 radical (unpaired) electrons. The molecule has 0 amide bonds. The molecule has 0 aliphatic carbocycles. The van der Waals surface area contributed by atoms with Crippen LogP contribution >= 0.6 is 0 Å². The van der Waals surface area contributed by atoms with E-state index >= 15 is 0 Å². The Bertz CT molecular complexity index is 333. The van der Waals surface area contributed by atoms with Crippen molar-refractivity contribution in [1.82, 2.24) is 0 Å². The summed E-state index contributed by atoms with van der Waals surface area (Å²) >= 11 is 0. The zero-order valence-corrected chi connectivity index (χ0v) is 17.5. The molecule has 0 aliphatic rings. The number of unbranched alkanes of at least 4 members (excludes halogenated alkanes) is 15. The average molecular weight is 365 g/mol. The number of hydrogen-bond donors (Lipinski definition) is 0. The minimum atomic E-state index is -0.302. The van der Waals surface area contributed by atoms with Gasteiger partial charge in [0.05, 0.1) is 6.61 Å². The first-order chi connectivity index (χ1) is 12.8. The summed E-state index contributed by atoms with van der Waals surface area (Å²) in [5.74, 6) is -0.302. The first kappa shape index (κ1) is 24.9. The molecular formula is C24H44O2. The van der Waals surface area contributed by atoms with Crippen molar-refractivity contribution in [2.45, 2.75) is 116 Å². The summed E-state index contributed by atoms with van der Waals surface area (Å²) in [4.78, 5) is 10.9. The van der Waals surface area contributed by atoms with Crippen LogP contribution in [0.4, 0.5) is 0 Å². The molecule has 0 aliphatic heterocycles. The van der Waals surface area contributed by atoms with Crippen LogP contribution < -0.4 is 0 Å². The summed E-state index contributed by atoms with van der Waals surface area (Å²) in [5, 5.41) is 0. The van der Waals surface area contributed by atoms with Gasteiger partial charge < -0.3 is 4.74 Å². The molecule has 0 N–H and O–H groups in total. The standard InChI is InChI=1S/C24H44O2/c1-3-5-6-7-8-9-10-11-12-13-14-15-16-17-18-19-20-21-22-23-26-24(25)4-2/h4,9-10H,2-3,5-8,11-23H2,1H3/b10-9+. The first-order valence-corrected chi connectivity index (χ1v) is 11.3. The summed E-state index contributed by atoms with van der Waals surface area (Å²) in [7, 11) is 0. The van der Waals surface area contributed by atoms with Gasteiger partial charge in [-0.15, -0.1) is 0 Å². The molecule has 152 valence electrons. The van der Waals surface area contributed by atoms with Crippen LogP contribution in [0, 0.1) is 0 Å². The minimum Gasteiger partial charge on any atom is -0.463 e. The van der Waals surface area contributed by atoms with Crippen molar-refractivity contribution in [3.8, 4) is 0 Å². The molecule has 0 aromatic heterocycles. The van der Waals surface area contributed by atoms with E-state index in [0.29, 0.717) is 6.61 Å². The van der Waals surface area contributed by atoms with Crippen molar-refractivity contribution in [2.75, 3.05) is 6.61 Å². The summed E-state index contributed by atoms with van der Waals surface area (Å²) < 4.78 is 4.96. The second kappa shape index (κ2) is 22.0. The van der Waals surface area contributed by atoms with Crippen LogP contribution in [-0.4, -0.2) is 12.6 Å². The van der Waals surface area contributed by atoms with Gasteiger partial charge in [-0.1, -0.05) is 103 Å². The van der Waals surface area contributed by atoms with E-state index in [-0.39, 0.29) is 5.97 Å². The van der Waals surface area contributed by atoms with E-state index < -0.39 is 0 Å². The lowest BCUT2D eigenvalue weighted by Crippen LogP contribution is -2.01. The molecular weight excluding hydrogens is 320 g/mol. The molecule has 0 aromatic rings. The maximum atomic E-state index is 10.9. The summed E-state index contributed by atoms with van der Waals surface area (Å²) in [6.07, 6.45) is 28.5. The molecule has 0 fully saturated rings. The van der Waals surface area contributed by atoms with Crippen LogP contribution in [0.1, 0.15) is 116 Å². The highest BCUT2D eigenvalue weighted by molar-refractivity contribution is 5.81. The van der Waals surface area contributed by atoms with Gasteiger partial charge in [-0.3, -0.25) is 0 Å². The fourth-order valence-corrected chi connectivity index (χ4v) is 3.11. The molecule has 2 heteroatoms. The third-order valence-corrected chi connectivity index (χ3v) is 4.82. The molecule has 0 saturated heterocycles. The van der Waals surface area contributed by atoms with Gasteiger partial charge in [-0.05, 0) is 32.1 Å². The van der Waals surface area contributed by atoms with E-state index in [1.165, 1.54) is 102 Å². The number of rotatable bonds is 20. The van der Waals surface area contributed by atoms with Crippen LogP contribution in [0.2, 0.25) is 0 Å². The number of carbonyl (C=O) groups is 1. The van der Waals surface area contributed by atoms with E-state index in [1.807, 2.05) is 0 Å². The van der Waals surface area contributed by atoms with Gasteiger partial charge in [0.2, 0.25) is 0 Å². The number of hydrogen-bond acceptors (Lipinski definition) is 2. The molecule has 0 atom stereocenters. The Morgan fingerprint density at radius 2 is 1.12 bits per heavy atom.